The number of hydrogen-bond acceptors (Lipinski definition) is 3. The van der Waals surface area contributed by atoms with Crippen molar-refractivity contribution in [2.24, 2.45) is 0 Å². The van der Waals surface area contributed by atoms with Crippen LogP contribution < -0.4 is 10.6 Å². The number of aryl methyl sites for hydroxylation is 1. The zero-order valence-electron chi connectivity index (χ0n) is 11.1. The molecule has 0 spiro atoms. The number of carboxylic acids is 1. The molecule has 0 aliphatic rings. The molecule has 0 radical (unpaired) electrons. The monoisotopic (exact) mass is 400 g/mol. The van der Waals surface area contributed by atoms with Crippen molar-refractivity contribution in [2.45, 2.75) is 13.5 Å². The van der Waals surface area contributed by atoms with Crippen LogP contribution in [0.15, 0.2) is 30.6 Å². The number of aromatic nitrogens is 2. The Hall–Kier alpha value is -2.10. The summed E-state index contributed by atoms with van der Waals surface area (Å²) in [5.41, 5.74) is 0.821. The Bertz CT molecular complexity index is 684. The lowest BCUT2D eigenvalue weighted by atomic mass is 10.2. The summed E-state index contributed by atoms with van der Waals surface area (Å²) in [6, 6.07) is 4.25. The third kappa shape index (κ3) is 3.94. The molecular formula is C13H13IN4O3. The second kappa shape index (κ2) is 6.57. The van der Waals surface area contributed by atoms with Gasteiger partial charge in [0.05, 0.1) is 23.1 Å². The van der Waals surface area contributed by atoms with Gasteiger partial charge in [0.15, 0.2) is 0 Å². The molecule has 0 unspecified atom stereocenters. The van der Waals surface area contributed by atoms with E-state index in [2.05, 4.69) is 15.7 Å². The minimum Gasteiger partial charge on any atom is -0.478 e. The number of aromatic carboxylic acids is 1. The van der Waals surface area contributed by atoms with Crippen molar-refractivity contribution in [3.05, 3.63) is 39.7 Å². The standard InChI is InChI=1S/C13H13IN4O3/c1-2-18-7-9(6-15-18)16-13(21)17-11-4-3-8(14)5-10(11)12(19)20/h3-7H,2H2,1H3,(H,19,20)(H2,16,17,21). The Morgan fingerprint density at radius 2 is 2.14 bits per heavy atom. The first-order chi connectivity index (χ1) is 9.99. The van der Waals surface area contributed by atoms with Crippen LogP contribution in [-0.2, 0) is 6.54 Å². The molecule has 3 N–H and O–H groups in total. The highest BCUT2D eigenvalue weighted by Gasteiger charge is 2.13. The third-order valence-electron chi connectivity index (χ3n) is 2.68. The van der Waals surface area contributed by atoms with Gasteiger partial charge in [-0.3, -0.25) is 4.68 Å². The van der Waals surface area contributed by atoms with E-state index < -0.39 is 12.0 Å². The number of anilines is 2. The van der Waals surface area contributed by atoms with Crippen molar-refractivity contribution in [1.82, 2.24) is 9.78 Å². The van der Waals surface area contributed by atoms with E-state index in [0.717, 1.165) is 3.57 Å². The zero-order chi connectivity index (χ0) is 15.4. The highest BCUT2D eigenvalue weighted by Crippen LogP contribution is 2.19. The number of rotatable bonds is 4. The molecular weight excluding hydrogens is 387 g/mol. The van der Waals surface area contributed by atoms with E-state index in [1.165, 1.54) is 12.3 Å². The Balaban J connectivity index is 2.10. The largest absolute Gasteiger partial charge is 0.478 e. The minimum absolute atomic E-state index is 0.0429. The van der Waals surface area contributed by atoms with E-state index in [1.54, 1.807) is 23.0 Å². The lowest BCUT2D eigenvalue weighted by Gasteiger charge is -2.09. The number of urea groups is 1. The lowest BCUT2D eigenvalue weighted by Crippen LogP contribution is -2.20. The molecule has 1 aromatic carbocycles. The molecule has 2 rings (SSSR count). The van der Waals surface area contributed by atoms with Gasteiger partial charge in [0, 0.05) is 16.3 Å². The second-order valence-electron chi connectivity index (χ2n) is 4.16. The fraction of sp³-hybridized carbons (Fsp3) is 0.154. The Morgan fingerprint density at radius 3 is 2.76 bits per heavy atom. The van der Waals surface area contributed by atoms with Gasteiger partial charge in [-0.15, -0.1) is 0 Å². The van der Waals surface area contributed by atoms with Crippen molar-refractivity contribution >= 4 is 46.0 Å². The smallest absolute Gasteiger partial charge is 0.337 e. The lowest BCUT2D eigenvalue weighted by molar-refractivity contribution is 0.0698. The van der Waals surface area contributed by atoms with Gasteiger partial charge in [0.1, 0.15) is 0 Å². The van der Waals surface area contributed by atoms with Crippen molar-refractivity contribution in [1.29, 1.82) is 0 Å². The number of hydrogen-bond donors (Lipinski definition) is 3. The van der Waals surface area contributed by atoms with Gasteiger partial charge < -0.3 is 15.7 Å². The van der Waals surface area contributed by atoms with E-state index in [1.807, 2.05) is 29.5 Å². The summed E-state index contributed by atoms with van der Waals surface area (Å²) in [5, 5.41) is 18.3. The summed E-state index contributed by atoms with van der Waals surface area (Å²) in [4.78, 5) is 23.1. The van der Waals surface area contributed by atoms with Crippen LogP contribution in [0.5, 0.6) is 0 Å². The van der Waals surface area contributed by atoms with E-state index in [4.69, 9.17) is 5.11 Å². The molecule has 0 saturated heterocycles. The summed E-state index contributed by atoms with van der Waals surface area (Å²) in [6.07, 6.45) is 3.21. The Morgan fingerprint density at radius 1 is 1.38 bits per heavy atom. The number of nitrogens with one attached hydrogen (secondary N) is 2. The van der Waals surface area contributed by atoms with Crippen molar-refractivity contribution in [2.75, 3.05) is 10.6 Å². The number of carboxylic acid groups (broad SMARTS) is 1. The number of amides is 2. The van der Waals surface area contributed by atoms with Crippen LogP contribution in [0.1, 0.15) is 17.3 Å². The van der Waals surface area contributed by atoms with Crippen molar-refractivity contribution in [3.63, 3.8) is 0 Å². The second-order valence-corrected chi connectivity index (χ2v) is 5.40. The summed E-state index contributed by atoms with van der Waals surface area (Å²) in [5.74, 6) is -1.09. The van der Waals surface area contributed by atoms with Crippen molar-refractivity contribution < 1.29 is 14.7 Å². The van der Waals surface area contributed by atoms with Crippen molar-refractivity contribution in [3.8, 4) is 0 Å². The predicted molar refractivity (Wildman–Crippen MR) is 86.7 cm³/mol. The molecule has 0 aliphatic heterocycles. The molecule has 2 amide bonds. The molecule has 2 aromatic rings. The fourth-order valence-electron chi connectivity index (χ4n) is 1.69. The maximum Gasteiger partial charge on any atom is 0.337 e. The van der Waals surface area contributed by atoms with Gasteiger partial charge in [0.2, 0.25) is 0 Å². The number of nitrogens with zero attached hydrogens (tertiary/aromatic N) is 2. The van der Waals surface area contributed by atoms with Gasteiger partial charge in [-0.25, -0.2) is 9.59 Å². The van der Waals surface area contributed by atoms with E-state index in [-0.39, 0.29) is 11.3 Å². The molecule has 21 heavy (non-hydrogen) atoms. The quantitative estimate of drug-likeness (QED) is 0.688. The van der Waals surface area contributed by atoms with Crippen LogP contribution >= 0.6 is 22.6 Å². The molecule has 8 heteroatoms. The van der Waals surface area contributed by atoms with E-state index in [0.29, 0.717) is 12.2 Å². The number of halogens is 1. The highest BCUT2D eigenvalue weighted by molar-refractivity contribution is 14.1. The molecule has 110 valence electrons. The molecule has 0 aliphatic carbocycles. The molecule has 1 aromatic heterocycles. The van der Waals surface area contributed by atoms with Crippen LogP contribution in [0.2, 0.25) is 0 Å². The van der Waals surface area contributed by atoms with Gasteiger partial charge in [-0.1, -0.05) is 0 Å². The Labute approximate surface area is 134 Å². The van der Waals surface area contributed by atoms with Gasteiger partial charge >= 0.3 is 12.0 Å². The minimum atomic E-state index is -1.09. The number of carbonyl (C=O) groups is 2. The van der Waals surface area contributed by atoms with Crippen LogP contribution in [0.25, 0.3) is 0 Å². The molecule has 1 heterocycles. The Kier molecular flexibility index (Phi) is 4.78. The molecule has 0 saturated carbocycles. The average Bonchev–Trinajstić information content (AvgIpc) is 2.88. The topological polar surface area (TPSA) is 96.2 Å². The predicted octanol–water partition coefficient (Wildman–Crippen LogP) is 2.85. The summed E-state index contributed by atoms with van der Waals surface area (Å²) in [6.45, 7) is 2.63. The summed E-state index contributed by atoms with van der Waals surface area (Å²) >= 11 is 2.01. The van der Waals surface area contributed by atoms with Crippen LogP contribution in [0.3, 0.4) is 0 Å². The van der Waals surface area contributed by atoms with E-state index in [9.17, 15) is 9.59 Å². The SMILES string of the molecule is CCn1cc(NC(=O)Nc2ccc(I)cc2C(=O)O)cn1. The van der Waals surface area contributed by atoms with Crippen LogP contribution in [0.4, 0.5) is 16.2 Å². The third-order valence-corrected chi connectivity index (χ3v) is 3.35. The van der Waals surface area contributed by atoms with Gasteiger partial charge in [-0.05, 0) is 47.7 Å². The molecule has 0 atom stereocenters. The fourth-order valence-corrected chi connectivity index (χ4v) is 2.18. The van der Waals surface area contributed by atoms with Crippen LogP contribution in [-0.4, -0.2) is 26.9 Å². The molecule has 0 fully saturated rings. The first kappa shape index (κ1) is 15.3. The molecule has 7 nitrogen and oxygen atoms in total. The zero-order valence-corrected chi connectivity index (χ0v) is 13.3. The van der Waals surface area contributed by atoms with Crippen LogP contribution in [0, 0.1) is 3.57 Å². The maximum absolute atomic E-state index is 11.9. The number of benzene rings is 1. The normalized spacial score (nSPS) is 10.2. The molecule has 0 bridgehead atoms. The first-order valence-electron chi connectivity index (χ1n) is 6.13. The average molecular weight is 400 g/mol. The van der Waals surface area contributed by atoms with E-state index >= 15 is 0 Å². The first-order valence-corrected chi connectivity index (χ1v) is 7.20. The summed E-state index contributed by atoms with van der Waals surface area (Å²) in [7, 11) is 0. The van der Waals surface area contributed by atoms with Gasteiger partial charge in [-0.2, -0.15) is 5.10 Å². The highest BCUT2D eigenvalue weighted by atomic mass is 127. The van der Waals surface area contributed by atoms with Gasteiger partial charge in [0.25, 0.3) is 0 Å². The summed E-state index contributed by atoms with van der Waals surface area (Å²) < 4.78 is 2.45. The number of carbonyl (C=O) groups excluding carboxylic acids is 1. The maximum atomic E-state index is 11.9.